The average Bonchev–Trinajstić information content (AvgIpc) is 2.40. The summed E-state index contributed by atoms with van der Waals surface area (Å²) in [6.07, 6.45) is 3.80. The molecule has 164 valence electrons. The van der Waals surface area contributed by atoms with Crippen molar-refractivity contribution < 1.29 is 18.4 Å². The van der Waals surface area contributed by atoms with E-state index in [1.54, 1.807) is 0 Å². The van der Waals surface area contributed by atoms with Gasteiger partial charge in [-0.15, -0.1) is 0 Å². The smallest absolute Gasteiger partial charge is 0.173 e. The van der Waals surface area contributed by atoms with Crippen LogP contribution in [0, 0.1) is 5.41 Å². The van der Waals surface area contributed by atoms with E-state index < -0.39 is 33.3 Å². The Morgan fingerprint density at radius 1 is 0.593 bits per heavy atom. The topological polar surface area (TPSA) is 58.9 Å². The Morgan fingerprint density at radius 3 is 1.11 bits per heavy atom. The van der Waals surface area contributed by atoms with Crippen LogP contribution in [-0.4, -0.2) is 56.7 Å². The number of hydrogen-bond donors (Lipinski definition) is 2. The molecule has 0 aliphatic rings. The zero-order chi connectivity index (χ0) is 21.6. The first kappa shape index (κ1) is 27.7. The highest BCUT2D eigenvalue weighted by Gasteiger charge is 2.34. The normalized spacial score (nSPS) is 14.7. The highest BCUT2D eigenvalue weighted by molar-refractivity contribution is 6.84. The summed E-state index contributed by atoms with van der Waals surface area (Å²) >= 11 is 0. The van der Waals surface area contributed by atoms with Crippen LogP contribution in [0.15, 0.2) is 0 Å². The van der Waals surface area contributed by atoms with E-state index in [-0.39, 0.29) is 18.6 Å². The van der Waals surface area contributed by atoms with Crippen LogP contribution >= 0.6 is 0 Å². The fraction of sp³-hybridized carbons (Fsp3) is 1.00. The second kappa shape index (κ2) is 10.7. The molecule has 0 saturated heterocycles. The van der Waals surface area contributed by atoms with Crippen LogP contribution in [0.1, 0.15) is 25.7 Å². The van der Waals surface area contributed by atoms with E-state index in [2.05, 4.69) is 65.5 Å². The maximum absolute atomic E-state index is 10.0. The molecule has 0 aromatic heterocycles. The molecule has 2 N–H and O–H groups in total. The molecule has 0 aromatic rings. The van der Waals surface area contributed by atoms with Gasteiger partial charge in [-0.1, -0.05) is 12.8 Å². The Hall–Kier alpha value is 0.708. The fourth-order valence-electron chi connectivity index (χ4n) is 4.03. The van der Waals surface area contributed by atoms with E-state index in [0.717, 1.165) is 37.8 Å². The third kappa shape index (κ3) is 13.5. The van der Waals surface area contributed by atoms with Gasteiger partial charge >= 0.3 is 0 Å². The Balaban J connectivity index is 4.63. The molecule has 0 aliphatic heterocycles. The standard InChI is InChI=1S/C19H48O4Si4/c1-24(2,3)22-26(7,8)15-11-13-19(17-20,18-21)14-12-16-27(9,10)23-25(4,5)6/h20-21H,11-18H2,1-10H3. The van der Waals surface area contributed by atoms with Gasteiger partial charge in [0.25, 0.3) is 0 Å². The lowest BCUT2D eigenvalue weighted by molar-refractivity contribution is 0.0381. The highest BCUT2D eigenvalue weighted by Crippen LogP contribution is 2.34. The molecule has 0 saturated carbocycles. The third-order valence-corrected chi connectivity index (χ3v) is 17.2. The zero-order valence-corrected chi connectivity index (χ0v) is 23.9. The maximum Gasteiger partial charge on any atom is 0.173 e. The molecule has 0 aliphatic carbocycles. The molecule has 0 atom stereocenters. The molecule has 27 heavy (non-hydrogen) atoms. The van der Waals surface area contributed by atoms with Crippen LogP contribution < -0.4 is 0 Å². The van der Waals surface area contributed by atoms with Gasteiger partial charge in [-0.25, -0.2) is 0 Å². The van der Waals surface area contributed by atoms with Gasteiger partial charge < -0.3 is 18.4 Å². The number of hydrogen-bond acceptors (Lipinski definition) is 4. The first-order valence-corrected chi connectivity index (χ1v) is 23.6. The van der Waals surface area contributed by atoms with Crippen LogP contribution in [-0.2, 0) is 8.23 Å². The minimum absolute atomic E-state index is 0.0667. The monoisotopic (exact) mass is 452 g/mol. The lowest BCUT2D eigenvalue weighted by Crippen LogP contribution is -2.43. The molecule has 0 aromatic carbocycles. The quantitative estimate of drug-likeness (QED) is 0.335. The lowest BCUT2D eigenvalue weighted by atomic mass is 9.81. The van der Waals surface area contributed by atoms with Crippen molar-refractivity contribution in [2.24, 2.45) is 5.41 Å². The van der Waals surface area contributed by atoms with E-state index in [1.165, 1.54) is 0 Å². The van der Waals surface area contributed by atoms with Crippen LogP contribution in [0.25, 0.3) is 0 Å². The Morgan fingerprint density at radius 2 is 0.889 bits per heavy atom. The molecule has 0 heterocycles. The minimum Gasteiger partial charge on any atom is -0.456 e. The Kier molecular flexibility index (Phi) is 10.9. The van der Waals surface area contributed by atoms with E-state index in [1.807, 2.05) is 0 Å². The van der Waals surface area contributed by atoms with Crippen molar-refractivity contribution in [3.63, 3.8) is 0 Å². The third-order valence-electron chi connectivity index (χ3n) is 4.81. The lowest BCUT2D eigenvalue weighted by Gasteiger charge is -2.35. The van der Waals surface area contributed by atoms with Crippen LogP contribution in [0.4, 0.5) is 0 Å². The van der Waals surface area contributed by atoms with Crippen molar-refractivity contribution in [3.8, 4) is 0 Å². The summed E-state index contributed by atoms with van der Waals surface area (Å²) < 4.78 is 12.9. The number of aliphatic hydroxyl groups is 2. The predicted octanol–water partition coefficient (Wildman–Crippen LogP) is 5.63. The van der Waals surface area contributed by atoms with Crippen molar-refractivity contribution in [2.75, 3.05) is 13.2 Å². The van der Waals surface area contributed by atoms with Gasteiger partial charge in [0.15, 0.2) is 33.3 Å². The molecular weight excluding hydrogens is 405 g/mol. The van der Waals surface area contributed by atoms with Crippen molar-refractivity contribution in [1.82, 2.24) is 0 Å². The zero-order valence-electron chi connectivity index (χ0n) is 19.9. The summed E-state index contributed by atoms with van der Waals surface area (Å²) in [5, 5.41) is 20.0. The predicted molar refractivity (Wildman–Crippen MR) is 129 cm³/mol. The van der Waals surface area contributed by atoms with Crippen LogP contribution in [0.2, 0.25) is 77.6 Å². The SMILES string of the molecule is C[Si](C)(C)O[Si](C)(C)CCCC(CO)(CO)CCC[Si](C)(C)O[Si](C)(C)C. The fourth-order valence-corrected chi connectivity index (χ4v) is 20.2. The summed E-state index contributed by atoms with van der Waals surface area (Å²) in [5.41, 5.74) is -0.354. The number of rotatable bonds is 14. The molecule has 0 spiro atoms. The largest absolute Gasteiger partial charge is 0.456 e. The Bertz CT molecular complexity index is 388. The van der Waals surface area contributed by atoms with Crippen LogP contribution in [0.3, 0.4) is 0 Å². The maximum atomic E-state index is 10.0. The molecule has 0 radical (unpaired) electrons. The van der Waals surface area contributed by atoms with Gasteiger partial charge in [0.05, 0.1) is 13.2 Å². The molecule has 0 fully saturated rings. The van der Waals surface area contributed by atoms with E-state index in [0.29, 0.717) is 0 Å². The first-order chi connectivity index (χ1) is 11.9. The number of aliphatic hydroxyl groups excluding tert-OH is 2. The van der Waals surface area contributed by atoms with Gasteiger partial charge in [-0.3, -0.25) is 0 Å². The Labute approximate surface area is 173 Å². The van der Waals surface area contributed by atoms with E-state index >= 15 is 0 Å². The van der Waals surface area contributed by atoms with Crippen molar-refractivity contribution in [3.05, 3.63) is 0 Å². The van der Waals surface area contributed by atoms with Gasteiger partial charge in [0, 0.05) is 5.41 Å². The first-order valence-electron chi connectivity index (χ1n) is 10.6. The van der Waals surface area contributed by atoms with E-state index in [9.17, 15) is 10.2 Å². The summed E-state index contributed by atoms with van der Waals surface area (Å²) in [5.74, 6) is 0. The van der Waals surface area contributed by atoms with Crippen molar-refractivity contribution in [2.45, 2.75) is 103 Å². The molecule has 8 heteroatoms. The van der Waals surface area contributed by atoms with Gasteiger partial charge in [0.1, 0.15) is 0 Å². The van der Waals surface area contributed by atoms with Crippen molar-refractivity contribution in [1.29, 1.82) is 0 Å². The molecule has 0 amide bonds. The van der Waals surface area contributed by atoms with Crippen LogP contribution in [0.5, 0.6) is 0 Å². The second-order valence-corrected chi connectivity index (χ2v) is 29.6. The molecule has 0 bridgehead atoms. The summed E-state index contributed by atoms with van der Waals surface area (Å²) in [7, 11) is -6.34. The second-order valence-electron chi connectivity index (χ2n) is 11.5. The summed E-state index contributed by atoms with van der Waals surface area (Å²) in [4.78, 5) is 0. The molecule has 4 nitrogen and oxygen atoms in total. The van der Waals surface area contributed by atoms with Crippen molar-refractivity contribution >= 4 is 33.3 Å². The summed E-state index contributed by atoms with van der Waals surface area (Å²) in [6.45, 7) is 22.8. The molecule has 0 rings (SSSR count). The minimum atomic E-state index is -1.66. The van der Waals surface area contributed by atoms with Gasteiger partial charge in [0.2, 0.25) is 0 Å². The average molecular weight is 453 g/mol. The van der Waals surface area contributed by atoms with Gasteiger partial charge in [-0.2, -0.15) is 0 Å². The molecular formula is C19H48O4Si4. The highest BCUT2D eigenvalue weighted by atomic mass is 28.4. The summed E-state index contributed by atoms with van der Waals surface area (Å²) in [6, 6.07) is 2.19. The van der Waals surface area contributed by atoms with Gasteiger partial charge in [-0.05, 0) is 90.4 Å². The molecule has 0 unspecified atom stereocenters. The van der Waals surface area contributed by atoms with E-state index in [4.69, 9.17) is 8.23 Å².